The summed E-state index contributed by atoms with van der Waals surface area (Å²) in [7, 11) is -10.8. The summed E-state index contributed by atoms with van der Waals surface area (Å²) in [6, 6.07) is 1.25. The third-order valence-corrected chi connectivity index (χ3v) is 14.3. The maximum Gasteiger partial charge on any atom is 0.481 e. The van der Waals surface area contributed by atoms with Crippen LogP contribution in [0.3, 0.4) is 0 Å². The topological polar surface area (TPSA) is 278 Å². The van der Waals surface area contributed by atoms with Crippen LogP contribution in [0.15, 0.2) is 29.2 Å². The van der Waals surface area contributed by atoms with E-state index in [0.717, 1.165) is 87.3 Å². The van der Waals surface area contributed by atoms with Crippen molar-refractivity contribution in [3.63, 3.8) is 0 Å². The lowest BCUT2D eigenvalue weighted by Crippen LogP contribution is -2.36. The fourth-order valence-electron chi connectivity index (χ4n) is 7.74. The van der Waals surface area contributed by atoms with E-state index in [2.05, 4.69) is 42.2 Å². The lowest BCUT2D eigenvalue weighted by atomic mass is 10.0. The molecule has 0 bridgehead atoms. The fourth-order valence-corrected chi connectivity index (χ4v) is 9.85. The summed E-state index contributed by atoms with van der Waals surface area (Å²) >= 11 is 0. The van der Waals surface area contributed by atoms with Gasteiger partial charge in [-0.25, -0.2) is 13.9 Å². The van der Waals surface area contributed by atoms with Crippen LogP contribution < -0.4 is 11.4 Å². The summed E-state index contributed by atoms with van der Waals surface area (Å²) < 4.78 is 62.5. The van der Waals surface area contributed by atoms with Crippen LogP contribution in [0.5, 0.6) is 0 Å². The van der Waals surface area contributed by atoms with Gasteiger partial charge in [-0.3, -0.25) is 23.2 Å². The smallest absolute Gasteiger partial charge is 0.462 e. The quantitative estimate of drug-likeness (QED) is 0.0136. The average Bonchev–Trinajstić information content (AvgIpc) is 3.96. The second kappa shape index (κ2) is 32.4. The number of hydrogen-bond acceptors (Lipinski definition) is 16. The van der Waals surface area contributed by atoms with Crippen LogP contribution in [0.1, 0.15) is 181 Å². The number of ether oxygens (including phenoxy) is 4. The number of rotatable bonds is 39. The molecular formula is C46H81N3O16P2. The van der Waals surface area contributed by atoms with Crippen molar-refractivity contribution in [1.82, 2.24) is 9.55 Å². The minimum absolute atomic E-state index is 0.0467. The molecular weight excluding hydrogens is 912 g/mol. The summed E-state index contributed by atoms with van der Waals surface area (Å²) in [5.74, 6) is -0.568. The van der Waals surface area contributed by atoms with Gasteiger partial charge in [0.05, 0.1) is 25.4 Å². The van der Waals surface area contributed by atoms with Crippen LogP contribution in [0.2, 0.25) is 0 Å². The number of aromatic nitrogens is 2. The van der Waals surface area contributed by atoms with Gasteiger partial charge < -0.3 is 44.7 Å². The maximum atomic E-state index is 12.8. The van der Waals surface area contributed by atoms with Gasteiger partial charge in [0.1, 0.15) is 30.7 Å². The molecule has 1 aromatic rings. The van der Waals surface area contributed by atoms with Crippen molar-refractivity contribution >= 4 is 33.4 Å². The Balaban J connectivity index is 1.40. The van der Waals surface area contributed by atoms with Crippen LogP contribution >= 0.6 is 15.6 Å². The second-order valence-electron chi connectivity index (χ2n) is 18.2. The third-order valence-electron chi connectivity index (χ3n) is 11.7. The van der Waals surface area contributed by atoms with Gasteiger partial charge in [0.15, 0.2) is 12.3 Å². The third kappa shape index (κ3) is 25.8. The minimum atomic E-state index is -5.42. The Morgan fingerprint density at radius 3 is 2.03 bits per heavy atom. The van der Waals surface area contributed by atoms with E-state index in [0.29, 0.717) is 25.0 Å². The van der Waals surface area contributed by atoms with E-state index in [-0.39, 0.29) is 18.7 Å². The number of aliphatic hydroxyl groups is 2. The number of esters is 2. The van der Waals surface area contributed by atoms with Crippen molar-refractivity contribution in [2.24, 2.45) is 5.92 Å². The van der Waals surface area contributed by atoms with Gasteiger partial charge in [0.25, 0.3) is 0 Å². The van der Waals surface area contributed by atoms with E-state index >= 15 is 0 Å². The van der Waals surface area contributed by atoms with E-state index in [1.807, 2.05) is 0 Å². The average molecular weight is 994 g/mol. The van der Waals surface area contributed by atoms with Crippen LogP contribution in [-0.4, -0.2) is 97.9 Å². The van der Waals surface area contributed by atoms with Crippen LogP contribution in [0, 0.1) is 5.92 Å². The highest BCUT2D eigenvalue weighted by Gasteiger charge is 2.46. The molecule has 19 nitrogen and oxygen atoms in total. The molecule has 0 radical (unpaired) electrons. The van der Waals surface area contributed by atoms with Gasteiger partial charge in [-0.05, 0) is 50.5 Å². The van der Waals surface area contributed by atoms with Crippen LogP contribution in [-0.2, 0) is 51.0 Å². The number of phosphoric ester groups is 2. The molecule has 2 saturated heterocycles. The zero-order valence-corrected chi connectivity index (χ0v) is 41.9. The minimum Gasteiger partial charge on any atom is -0.462 e. The monoisotopic (exact) mass is 994 g/mol. The highest BCUT2D eigenvalue weighted by atomic mass is 31.3. The summed E-state index contributed by atoms with van der Waals surface area (Å²) in [6.07, 6.45) is 21.8. The van der Waals surface area contributed by atoms with Crippen molar-refractivity contribution in [3.8, 4) is 0 Å². The number of phosphoric acid groups is 2. The van der Waals surface area contributed by atoms with E-state index < -0.39 is 83.7 Å². The molecule has 386 valence electrons. The Hall–Kier alpha value is -2.54. The number of anilines is 1. The molecule has 0 aliphatic carbocycles. The number of carbonyl (C=O) groups excluding carboxylic acids is 2. The Kier molecular flexibility index (Phi) is 28.4. The number of nitrogen functional groups attached to an aromatic ring is 1. The predicted octanol–water partition coefficient (Wildman–Crippen LogP) is 8.51. The number of aliphatic hydroxyl groups excluding tert-OH is 2. The zero-order valence-electron chi connectivity index (χ0n) is 40.1. The summed E-state index contributed by atoms with van der Waals surface area (Å²) in [4.78, 5) is 61.9. The largest absolute Gasteiger partial charge is 0.481 e. The Morgan fingerprint density at radius 2 is 1.39 bits per heavy atom. The van der Waals surface area contributed by atoms with Gasteiger partial charge in [-0.2, -0.15) is 9.29 Å². The fraction of sp³-hybridized carbons (Fsp3) is 0.826. The summed E-state index contributed by atoms with van der Waals surface area (Å²) in [6.45, 7) is 4.38. The molecule has 9 atom stereocenters. The summed E-state index contributed by atoms with van der Waals surface area (Å²) in [5.41, 5.74) is 4.58. The number of unbranched alkanes of at least 4 members (excludes halogenated alkanes) is 16. The zero-order chi connectivity index (χ0) is 49.1. The van der Waals surface area contributed by atoms with Crippen molar-refractivity contribution in [2.45, 2.75) is 218 Å². The first-order valence-electron chi connectivity index (χ1n) is 24.7. The molecule has 0 spiro atoms. The molecule has 0 amide bonds. The number of nitrogens with zero attached hydrogens (tertiary/aromatic N) is 2. The second-order valence-corrected chi connectivity index (χ2v) is 21.2. The molecule has 1 aromatic heterocycles. The van der Waals surface area contributed by atoms with Gasteiger partial charge in [0, 0.05) is 19.0 Å². The lowest BCUT2D eigenvalue weighted by Gasteiger charge is -2.21. The van der Waals surface area contributed by atoms with Crippen molar-refractivity contribution in [2.75, 3.05) is 25.6 Å². The molecule has 0 aromatic carbocycles. The van der Waals surface area contributed by atoms with Gasteiger partial charge in [0.2, 0.25) is 0 Å². The van der Waals surface area contributed by atoms with E-state index in [9.17, 15) is 43.5 Å². The first-order valence-corrected chi connectivity index (χ1v) is 27.7. The Labute approximate surface area is 397 Å². The number of hydrogen-bond donors (Lipinski definition) is 5. The molecule has 3 heterocycles. The van der Waals surface area contributed by atoms with E-state index in [4.69, 9.17) is 33.7 Å². The molecule has 2 aliphatic heterocycles. The molecule has 6 N–H and O–H groups in total. The highest BCUT2D eigenvalue weighted by Crippen LogP contribution is 2.60. The standard InChI is InChI=1S/C46H81N3O16P2/c1-4-5-6-7-16-21-26-37-38(63-37)27-22-17-14-19-23-28-41(50)59-32-36(62-42(51)29-24-18-13-11-9-8-10-12-15-20-25-35(2)3)33-60-66(55,56)65-67(57,58)61-34-39-43(52)44(53)45(64-39)49-31-30-40(47)48-46(49)54/h16,21,30-31,35-39,43-45,52-53H,4-15,17-20,22-29,32-34H2,1-3H3,(H,55,56)(H,57,58)(H2,47,48,54)/b21-16-/t36-,37?,38?,39-,43-,44-,45-/m1/s1. The first kappa shape index (κ1) is 58.8. The number of allylic oxidation sites excluding steroid dienone is 1. The number of nitrogens with two attached hydrogens (primary N) is 1. The SMILES string of the molecule is CCCCC/C=C\CC1OC1CCCCCCCC(=O)OC[C@H](COP(=O)(O)OP(=O)(O)OC[C@H]1O[C@@H](n2ccc(N)nc2=O)[C@H](O)[C@@H]1O)OC(=O)CCCCCCCCCCCCC(C)C. The lowest BCUT2D eigenvalue weighted by molar-refractivity contribution is -0.161. The molecule has 21 heteroatoms. The normalized spacial score (nSPS) is 22.7. The Morgan fingerprint density at radius 1 is 0.776 bits per heavy atom. The number of carbonyl (C=O) groups is 2. The molecule has 2 fully saturated rings. The molecule has 67 heavy (non-hydrogen) atoms. The predicted molar refractivity (Wildman–Crippen MR) is 251 cm³/mol. The Bertz CT molecular complexity index is 1750. The van der Waals surface area contributed by atoms with Gasteiger partial charge in [-0.1, -0.05) is 136 Å². The van der Waals surface area contributed by atoms with Crippen molar-refractivity contribution < 1.29 is 71.0 Å². The van der Waals surface area contributed by atoms with Crippen LogP contribution in [0.25, 0.3) is 0 Å². The molecule has 2 aliphatic rings. The first-order chi connectivity index (χ1) is 32.0. The van der Waals surface area contributed by atoms with Gasteiger partial charge >= 0.3 is 33.3 Å². The van der Waals surface area contributed by atoms with Crippen molar-refractivity contribution in [1.29, 1.82) is 0 Å². The summed E-state index contributed by atoms with van der Waals surface area (Å²) in [5, 5.41) is 20.9. The number of epoxide rings is 1. The molecule has 4 unspecified atom stereocenters. The van der Waals surface area contributed by atoms with Crippen molar-refractivity contribution in [3.05, 3.63) is 34.9 Å². The molecule has 0 saturated carbocycles. The van der Waals surface area contributed by atoms with Crippen LogP contribution in [0.4, 0.5) is 5.82 Å². The van der Waals surface area contributed by atoms with E-state index in [1.165, 1.54) is 63.9 Å². The molecule has 3 rings (SSSR count). The van der Waals surface area contributed by atoms with Gasteiger partial charge in [-0.15, -0.1) is 0 Å². The van der Waals surface area contributed by atoms with E-state index in [1.54, 1.807) is 0 Å². The highest BCUT2D eigenvalue weighted by molar-refractivity contribution is 7.61. The maximum absolute atomic E-state index is 12.8.